The molecule has 0 unspecified atom stereocenters. The Morgan fingerprint density at radius 1 is 1.42 bits per heavy atom. The zero-order valence-electron chi connectivity index (χ0n) is 6.83. The monoisotopic (exact) mass is 199 g/mol. The highest BCUT2D eigenvalue weighted by Gasteiger charge is 2.03. The Morgan fingerprint density at radius 2 is 2.00 bits per heavy atom. The zero-order valence-corrected chi connectivity index (χ0v) is 8.40. The van der Waals surface area contributed by atoms with E-state index in [0.717, 1.165) is 10.7 Å². The van der Waals surface area contributed by atoms with Crippen molar-refractivity contribution in [1.82, 2.24) is 0 Å². The summed E-state index contributed by atoms with van der Waals surface area (Å²) in [5.41, 5.74) is 1.07. The number of para-hydroxylation sites is 1. The fourth-order valence-electron chi connectivity index (χ4n) is 0.885. The molecule has 0 spiro atoms. The minimum absolute atomic E-state index is 0.390. The van der Waals surface area contributed by atoms with Crippen molar-refractivity contribution in [2.75, 3.05) is 17.8 Å². The molecule has 0 saturated heterocycles. The second kappa shape index (κ2) is 4.43. The molecule has 0 aliphatic heterocycles. The summed E-state index contributed by atoms with van der Waals surface area (Å²) in [6, 6.07) is 9.92. The van der Waals surface area contributed by atoms with Crippen LogP contribution in [0.25, 0.3) is 0 Å². The molecule has 1 nitrogen and oxygen atoms in total. The van der Waals surface area contributed by atoms with Crippen LogP contribution in [0.4, 0.5) is 5.69 Å². The number of hydrogen-bond acceptors (Lipinski definition) is 1. The van der Waals surface area contributed by atoms with Crippen molar-refractivity contribution in [3.8, 4) is 0 Å². The normalized spacial score (nSPS) is 9.50. The average Bonchev–Trinajstić information content (AvgIpc) is 2.17. The lowest BCUT2D eigenvalue weighted by Crippen LogP contribution is -2.25. The fourth-order valence-corrected chi connectivity index (χ4v) is 1.17. The predicted molar refractivity (Wildman–Crippen MR) is 58.2 cm³/mol. The topological polar surface area (TPSA) is 3.24 Å². The Morgan fingerprint density at radius 3 is 2.50 bits per heavy atom. The van der Waals surface area contributed by atoms with Gasteiger partial charge in [0.1, 0.15) is 0 Å². The average molecular weight is 200 g/mol. The van der Waals surface area contributed by atoms with Crippen molar-refractivity contribution >= 4 is 34.5 Å². The lowest BCUT2D eigenvalue weighted by Gasteiger charge is -2.17. The van der Waals surface area contributed by atoms with Gasteiger partial charge in [0.15, 0.2) is 0 Å². The van der Waals surface area contributed by atoms with Crippen LogP contribution < -0.4 is 4.90 Å². The number of rotatable bonds is 2. The minimum Gasteiger partial charge on any atom is -0.338 e. The Balaban J connectivity index is 2.78. The Kier molecular flexibility index (Phi) is 3.50. The molecular weight excluding hydrogens is 190 g/mol. The van der Waals surface area contributed by atoms with Crippen LogP contribution in [0.3, 0.4) is 0 Å². The maximum atomic E-state index is 5.61. The van der Waals surface area contributed by atoms with Gasteiger partial charge in [-0.05, 0) is 12.1 Å². The number of alkyl halides is 1. The van der Waals surface area contributed by atoms with Crippen LogP contribution in [0.1, 0.15) is 0 Å². The second-order valence-electron chi connectivity index (χ2n) is 2.42. The van der Waals surface area contributed by atoms with Crippen LogP contribution in [-0.2, 0) is 0 Å². The quantitative estimate of drug-likeness (QED) is 0.532. The summed E-state index contributed by atoms with van der Waals surface area (Å²) >= 11 is 10.7. The molecule has 0 N–H and O–H groups in total. The molecule has 0 amide bonds. The smallest absolute Gasteiger partial charge is 0.0970 e. The molecule has 0 radical (unpaired) electrons. The van der Waals surface area contributed by atoms with E-state index in [0.29, 0.717) is 5.88 Å². The molecule has 0 bridgehead atoms. The summed E-state index contributed by atoms with van der Waals surface area (Å²) in [4.78, 5) is 2.64. The highest BCUT2D eigenvalue weighted by molar-refractivity contribution is 7.80. The summed E-state index contributed by atoms with van der Waals surface area (Å²) in [5.74, 6) is 0.390. The molecule has 1 aromatic carbocycles. The van der Waals surface area contributed by atoms with Gasteiger partial charge in [-0.25, -0.2) is 0 Å². The molecule has 1 rings (SSSR count). The second-order valence-corrected chi connectivity index (χ2v) is 3.16. The SMILES string of the molecule is CN(C(=S)CCl)c1ccccc1. The maximum absolute atomic E-state index is 5.61. The molecule has 0 fully saturated rings. The molecule has 12 heavy (non-hydrogen) atoms. The van der Waals surface area contributed by atoms with E-state index >= 15 is 0 Å². The Hall–Kier alpha value is -0.600. The van der Waals surface area contributed by atoms with Crippen LogP contribution in [0.2, 0.25) is 0 Å². The van der Waals surface area contributed by atoms with E-state index in [-0.39, 0.29) is 0 Å². The van der Waals surface area contributed by atoms with Crippen molar-refractivity contribution in [3.63, 3.8) is 0 Å². The Bertz CT molecular complexity index is 260. The van der Waals surface area contributed by atoms with E-state index in [2.05, 4.69) is 0 Å². The molecule has 0 aliphatic rings. The highest BCUT2D eigenvalue weighted by atomic mass is 35.5. The number of halogens is 1. The first-order chi connectivity index (χ1) is 5.75. The molecular formula is C9H10ClNS. The molecule has 64 valence electrons. The van der Waals surface area contributed by atoms with E-state index in [1.54, 1.807) is 0 Å². The standard InChI is InChI=1S/C9H10ClNS/c1-11(9(12)7-10)8-5-3-2-4-6-8/h2-6H,7H2,1H3. The van der Waals surface area contributed by atoms with Crippen LogP contribution in [0.15, 0.2) is 30.3 Å². The fraction of sp³-hybridized carbons (Fsp3) is 0.222. The van der Waals surface area contributed by atoms with Crippen LogP contribution in [0, 0.1) is 0 Å². The van der Waals surface area contributed by atoms with Crippen LogP contribution >= 0.6 is 23.8 Å². The van der Waals surface area contributed by atoms with Gasteiger partial charge in [-0.2, -0.15) is 0 Å². The summed E-state index contributed by atoms with van der Waals surface area (Å²) in [6.07, 6.45) is 0. The van der Waals surface area contributed by atoms with Gasteiger partial charge in [-0.3, -0.25) is 0 Å². The van der Waals surface area contributed by atoms with Gasteiger partial charge in [0.2, 0.25) is 0 Å². The van der Waals surface area contributed by atoms with Crippen LogP contribution in [0.5, 0.6) is 0 Å². The van der Waals surface area contributed by atoms with Gasteiger partial charge in [0.05, 0.1) is 10.9 Å². The summed E-state index contributed by atoms with van der Waals surface area (Å²) in [5, 5.41) is 0. The van der Waals surface area contributed by atoms with Gasteiger partial charge >= 0.3 is 0 Å². The molecule has 0 aliphatic carbocycles. The summed E-state index contributed by atoms with van der Waals surface area (Å²) in [7, 11) is 1.92. The summed E-state index contributed by atoms with van der Waals surface area (Å²) < 4.78 is 0. The number of thiocarbonyl (C=S) groups is 1. The zero-order chi connectivity index (χ0) is 8.97. The van der Waals surface area contributed by atoms with Crippen molar-refractivity contribution in [2.24, 2.45) is 0 Å². The van der Waals surface area contributed by atoms with E-state index < -0.39 is 0 Å². The largest absolute Gasteiger partial charge is 0.338 e. The summed E-state index contributed by atoms with van der Waals surface area (Å²) in [6.45, 7) is 0. The van der Waals surface area contributed by atoms with Gasteiger partial charge in [-0.15, -0.1) is 11.6 Å². The third kappa shape index (κ3) is 2.19. The van der Waals surface area contributed by atoms with Gasteiger partial charge in [-0.1, -0.05) is 30.4 Å². The van der Waals surface area contributed by atoms with Crippen molar-refractivity contribution in [1.29, 1.82) is 0 Å². The first kappa shape index (κ1) is 9.49. The van der Waals surface area contributed by atoms with Gasteiger partial charge < -0.3 is 4.90 Å². The first-order valence-corrected chi connectivity index (χ1v) is 4.57. The van der Waals surface area contributed by atoms with Gasteiger partial charge in [0.25, 0.3) is 0 Å². The predicted octanol–water partition coefficient (Wildman–Crippen LogP) is 2.69. The lowest BCUT2D eigenvalue weighted by atomic mass is 10.3. The van der Waals surface area contributed by atoms with E-state index in [1.165, 1.54) is 0 Å². The first-order valence-electron chi connectivity index (χ1n) is 3.63. The number of benzene rings is 1. The number of hydrogen-bond donors (Lipinski definition) is 0. The molecule has 0 heterocycles. The third-order valence-corrected chi connectivity index (χ3v) is 2.46. The van der Waals surface area contributed by atoms with Crippen LogP contribution in [-0.4, -0.2) is 17.9 Å². The van der Waals surface area contributed by atoms with Crippen molar-refractivity contribution in [3.05, 3.63) is 30.3 Å². The lowest BCUT2D eigenvalue weighted by molar-refractivity contribution is 1.28. The molecule has 0 aromatic heterocycles. The number of anilines is 1. The van der Waals surface area contributed by atoms with E-state index in [4.69, 9.17) is 23.8 Å². The minimum atomic E-state index is 0.390. The Labute approximate surface area is 82.9 Å². The van der Waals surface area contributed by atoms with E-state index in [1.807, 2.05) is 42.3 Å². The highest BCUT2D eigenvalue weighted by Crippen LogP contribution is 2.11. The molecule has 0 atom stereocenters. The van der Waals surface area contributed by atoms with Gasteiger partial charge in [0, 0.05) is 12.7 Å². The molecule has 1 aromatic rings. The molecule has 3 heteroatoms. The maximum Gasteiger partial charge on any atom is 0.0970 e. The van der Waals surface area contributed by atoms with Crippen molar-refractivity contribution < 1.29 is 0 Å². The molecule has 0 saturated carbocycles. The van der Waals surface area contributed by atoms with E-state index in [9.17, 15) is 0 Å². The van der Waals surface area contributed by atoms with Crippen molar-refractivity contribution in [2.45, 2.75) is 0 Å². The number of nitrogens with zero attached hydrogens (tertiary/aromatic N) is 1. The third-order valence-electron chi connectivity index (χ3n) is 1.63.